The third kappa shape index (κ3) is 30.0. The number of nitrogens with zero attached hydrogens (tertiary/aromatic N) is 1. The summed E-state index contributed by atoms with van der Waals surface area (Å²) in [6, 6.07) is 0. The van der Waals surface area contributed by atoms with Gasteiger partial charge in [-0.3, -0.25) is 0 Å². The molecule has 0 fully saturated rings. The molecule has 0 saturated heterocycles. The van der Waals surface area contributed by atoms with Gasteiger partial charge in [0.2, 0.25) is 0 Å². The van der Waals surface area contributed by atoms with Gasteiger partial charge in [-0.15, -0.1) is 0 Å². The van der Waals surface area contributed by atoms with Crippen LogP contribution < -0.4 is 5.32 Å². The van der Waals surface area contributed by atoms with E-state index in [0.717, 1.165) is 0 Å². The first kappa shape index (κ1) is 34.9. The van der Waals surface area contributed by atoms with Crippen molar-refractivity contribution in [3.05, 3.63) is 0 Å². The molecule has 0 bridgehead atoms. The van der Waals surface area contributed by atoms with Gasteiger partial charge < -0.3 is 10.2 Å². The molecular formula is C33H70N2. The molecule has 0 aromatic rings. The van der Waals surface area contributed by atoms with Crippen molar-refractivity contribution in [3.8, 4) is 0 Å². The Hall–Kier alpha value is -0.0800. The fourth-order valence-electron chi connectivity index (χ4n) is 5.21. The van der Waals surface area contributed by atoms with Crippen LogP contribution in [0.1, 0.15) is 181 Å². The van der Waals surface area contributed by atoms with E-state index in [1.807, 2.05) is 0 Å². The standard InChI is InChI=1S/C33H70N2/c1-4-7-10-13-16-19-22-25-29-34-30-28-33-35(31-26-23-20-17-14-11-8-5-2)32-27-24-21-18-15-12-9-6-3/h34H,4-33H2,1-3H3. The number of hydrogen-bond donors (Lipinski definition) is 1. The minimum absolute atomic E-state index is 1.21. The van der Waals surface area contributed by atoms with E-state index in [1.54, 1.807) is 0 Å². The Kier molecular flexibility index (Phi) is 31.9. The lowest BCUT2D eigenvalue weighted by molar-refractivity contribution is 0.256. The smallest absolute Gasteiger partial charge is 0.000664 e. The summed E-state index contributed by atoms with van der Waals surface area (Å²) in [7, 11) is 0. The van der Waals surface area contributed by atoms with Crippen molar-refractivity contribution in [1.29, 1.82) is 0 Å². The highest BCUT2D eigenvalue weighted by atomic mass is 15.1. The Morgan fingerprint density at radius 1 is 0.314 bits per heavy atom. The molecular weight excluding hydrogens is 424 g/mol. The minimum atomic E-state index is 1.21. The van der Waals surface area contributed by atoms with Gasteiger partial charge in [0.1, 0.15) is 0 Å². The second-order valence-corrected chi connectivity index (χ2v) is 11.4. The van der Waals surface area contributed by atoms with Crippen LogP contribution in [0.2, 0.25) is 0 Å². The largest absolute Gasteiger partial charge is 0.317 e. The van der Waals surface area contributed by atoms with Gasteiger partial charge in [0, 0.05) is 0 Å². The first-order valence-corrected chi connectivity index (χ1v) is 16.8. The van der Waals surface area contributed by atoms with Crippen LogP contribution in [0, 0.1) is 0 Å². The summed E-state index contributed by atoms with van der Waals surface area (Å²) in [4.78, 5) is 2.80. The lowest BCUT2D eigenvalue weighted by Crippen LogP contribution is -2.30. The predicted molar refractivity (Wildman–Crippen MR) is 162 cm³/mol. The molecule has 35 heavy (non-hydrogen) atoms. The molecule has 2 nitrogen and oxygen atoms in total. The van der Waals surface area contributed by atoms with Crippen molar-refractivity contribution in [2.24, 2.45) is 0 Å². The van der Waals surface area contributed by atoms with Gasteiger partial charge in [0.25, 0.3) is 0 Å². The highest BCUT2D eigenvalue weighted by molar-refractivity contribution is 4.61. The molecule has 1 N–H and O–H groups in total. The number of hydrogen-bond acceptors (Lipinski definition) is 2. The maximum Gasteiger partial charge on any atom is -0.000664 e. The minimum Gasteiger partial charge on any atom is -0.317 e. The van der Waals surface area contributed by atoms with Gasteiger partial charge in [0.15, 0.2) is 0 Å². The van der Waals surface area contributed by atoms with E-state index in [4.69, 9.17) is 0 Å². The molecule has 0 rings (SSSR count). The predicted octanol–water partition coefficient (Wildman–Crippen LogP) is 10.7. The third-order valence-electron chi connectivity index (χ3n) is 7.69. The van der Waals surface area contributed by atoms with Crippen LogP contribution in [0.3, 0.4) is 0 Å². The molecule has 0 unspecified atom stereocenters. The maximum absolute atomic E-state index is 3.73. The van der Waals surface area contributed by atoms with Crippen LogP contribution in [0.4, 0.5) is 0 Å². The molecule has 0 atom stereocenters. The quantitative estimate of drug-likeness (QED) is 0.0964. The van der Waals surface area contributed by atoms with Crippen molar-refractivity contribution in [3.63, 3.8) is 0 Å². The third-order valence-corrected chi connectivity index (χ3v) is 7.69. The Morgan fingerprint density at radius 2 is 0.600 bits per heavy atom. The van der Waals surface area contributed by atoms with Crippen molar-refractivity contribution >= 4 is 0 Å². The molecule has 0 radical (unpaired) electrons. The topological polar surface area (TPSA) is 15.3 Å². The summed E-state index contributed by atoms with van der Waals surface area (Å²) < 4.78 is 0. The zero-order valence-corrected chi connectivity index (χ0v) is 25.2. The van der Waals surface area contributed by atoms with Gasteiger partial charge >= 0.3 is 0 Å². The zero-order chi connectivity index (χ0) is 25.5. The molecule has 0 aliphatic carbocycles. The van der Waals surface area contributed by atoms with E-state index >= 15 is 0 Å². The van der Waals surface area contributed by atoms with Crippen LogP contribution in [0.15, 0.2) is 0 Å². The molecule has 2 heteroatoms. The van der Waals surface area contributed by atoms with Gasteiger partial charge in [0.05, 0.1) is 0 Å². The number of nitrogens with one attached hydrogen (secondary N) is 1. The Balaban J connectivity index is 3.81. The summed E-state index contributed by atoms with van der Waals surface area (Å²) in [5.74, 6) is 0. The average molecular weight is 495 g/mol. The van der Waals surface area contributed by atoms with Crippen molar-refractivity contribution in [2.75, 3.05) is 32.7 Å². The molecule has 212 valence electrons. The average Bonchev–Trinajstić information content (AvgIpc) is 2.87. The van der Waals surface area contributed by atoms with Crippen LogP contribution in [-0.4, -0.2) is 37.6 Å². The van der Waals surface area contributed by atoms with Crippen LogP contribution >= 0.6 is 0 Å². The molecule has 0 saturated carbocycles. The number of rotatable bonds is 31. The lowest BCUT2D eigenvalue weighted by atomic mass is 10.1. The van der Waals surface area contributed by atoms with Gasteiger partial charge in [-0.1, -0.05) is 156 Å². The van der Waals surface area contributed by atoms with E-state index in [2.05, 4.69) is 31.0 Å². The summed E-state index contributed by atoms with van der Waals surface area (Å²) in [6.45, 7) is 13.3. The first-order chi connectivity index (χ1) is 17.3. The van der Waals surface area contributed by atoms with E-state index in [1.165, 1.54) is 193 Å². The maximum atomic E-state index is 3.73. The normalized spacial score (nSPS) is 11.7. The second-order valence-electron chi connectivity index (χ2n) is 11.4. The van der Waals surface area contributed by atoms with E-state index in [-0.39, 0.29) is 0 Å². The van der Waals surface area contributed by atoms with E-state index in [9.17, 15) is 0 Å². The first-order valence-electron chi connectivity index (χ1n) is 16.8. The van der Waals surface area contributed by atoms with Crippen molar-refractivity contribution < 1.29 is 0 Å². The molecule has 0 heterocycles. The van der Waals surface area contributed by atoms with Crippen LogP contribution in [-0.2, 0) is 0 Å². The highest BCUT2D eigenvalue weighted by Crippen LogP contribution is 2.12. The Morgan fingerprint density at radius 3 is 1.00 bits per heavy atom. The van der Waals surface area contributed by atoms with E-state index in [0.29, 0.717) is 0 Å². The summed E-state index contributed by atoms with van der Waals surface area (Å²) in [5, 5.41) is 3.73. The van der Waals surface area contributed by atoms with Gasteiger partial charge in [-0.05, 0) is 58.4 Å². The van der Waals surface area contributed by atoms with Gasteiger partial charge in [-0.2, -0.15) is 0 Å². The molecule has 0 aliphatic rings. The SMILES string of the molecule is CCCCCCCCCCNCCCN(CCCCCCCCCC)CCCCCCCCCC. The zero-order valence-electron chi connectivity index (χ0n) is 25.2. The van der Waals surface area contributed by atoms with Crippen LogP contribution in [0.5, 0.6) is 0 Å². The van der Waals surface area contributed by atoms with Crippen molar-refractivity contribution in [2.45, 2.75) is 181 Å². The fourth-order valence-corrected chi connectivity index (χ4v) is 5.21. The van der Waals surface area contributed by atoms with Crippen LogP contribution in [0.25, 0.3) is 0 Å². The summed E-state index contributed by atoms with van der Waals surface area (Å²) in [6.07, 6.45) is 35.6. The summed E-state index contributed by atoms with van der Waals surface area (Å²) in [5.41, 5.74) is 0. The second kappa shape index (κ2) is 31.9. The Labute approximate surface area is 224 Å². The van der Waals surface area contributed by atoms with E-state index < -0.39 is 0 Å². The Bertz CT molecular complexity index is 337. The fraction of sp³-hybridized carbons (Fsp3) is 1.00. The molecule has 0 spiro atoms. The molecule has 0 aliphatic heterocycles. The number of unbranched alkanes of at least 4 members (excludes halogenated alkanes) is 21. The summed E-state index contributed by atoms with van der Waals surface area (Å²) >= 11 is 0. The molecule has 0 amide bonds. The highest BCUT2D eigenvalue weighted by Gasteiger charge is 2.05. The monoisotopic (exact) mass is 495 g/mol. The molecule has 0 aromatic heterocycles. The molecule has 0 aromatic carbocycles. The lowest BCUT2D eigenvalue weighted by Gasteiger charge is -2.22. The van der Waals surface area contributed by atoms with Crippen molar-refractivity contribution in [1.82, 2.24) is 10.2 Å². The van der Waals surface area contributed by atoms with Gasteiger partial charge in [-0.25, -0.2) is 0 Å².